The van der Waals surface area contributed by atoms with Crippen LogP contribution in [0.3, 0.4) is 0 Å². The van der Waals surface area contributed by atoms with E-state index in [1.165, 1.54) is 13.0 Å². The van der Waals surface area contributed by atoms with Crippen LogP contribution in [-0.4, -0.2) is 37.6 Å². The van der Waals surface area contributed by atoms with Crippen molar-refractivity contribution in [2.75, 3.05) is 26.7 Å². The molecule has 0 atom stereocenters. The van der Waals surface area contributed by atoms with Gasteiger partial charge in [0.05, 0.1) is 0 Å². The summed E-state index contributed by atoms with van der Waals surface area (Å²) in [6.07, 6.45) is 2.19. The van der Waals surface area contributed by atoms with E-state index in [1.807, 2.05) is 6.92 Å². The van der Waals surface area contributed by atoms with E-state index in [-0.39, 0.29) is 0 Å². The fourth-order valence-electron chi connectivity index (χ4n) is 1.11. The van der Waals surface area contributed by atoms with Gasteiger partial charge in [-0.25, -0.2) is 0 Å². The molecule has 0 aliphatic carbocycles. The number of hydrogen-bond acceptors (Lipinski definition) is 2. The Balaban J connectivity index is 3.16. The Morgan fingerprint density at radius 3 is 2.57 bits per heavy atom. The van der Waals surface area contributed by atoms with Gasteiger partial charge in [-0.3, -0.25) is 0 Å². The van der Waals surface area contributed by atoms with E-state index < -0.39 is 0 Å². The Morgan fingerprint density at radius 2 is 2.00 bits per heavy atom. The van der Waals surface area contributed by atoms with Crippen LogP contribution in [0.2, 0.25) is 0 Å². The molecule has 0 radical (unpaired) electrons. The summed E-state index contributed by atoms with van der Waals surface area (Å²) >= 11 is 0. The summed E-state index contributed by atoms with van der Waals surface area (Å²) in [6, 6.07) is 0.654. The standard InChI is InChI=1S/C12H24N2/c1-5-6-7-9-13-10-8-11-14(4)12(2)3/h12-13H,7-11H2,1-4H3. The van der Waals surface area contributed by atoms with E-state index >= 15 is 0 Å². The van der Waals surface area contributed by atoms with Crippen LogP contribution in [-0.2, 0) is 0 Å². The lowest BCUT2D eigenvalue weighted by Crippen LogP contribution is -2.29. The zero-order valence-electron chi connectivity index (χ0n) is 10.1. The van der Waals surface area contributed by atoms with Crippen LogP contribution in [0.25, 0.3) is 0 Å². The zero-order valence-corrected chi connectivity index (χ0v) is 10.1. The number of nitrogens with one attached hydrogen (secondary N) is 1. The maximum absolute atomic E-state index is 3.39. The molecule has 0 bridgehead atoms. The van der Waals surface area contributed by atoms with Crippen LogP contribution in [0.1, 0.15) is 33.6 Å². The van der Waals surface area contributed by atoms with Gasteiger partial charge in [-0.05, 0) is 47.3 Å². The number of nitrogens with zero attached hydrogens (tertiary/aromatic N) is 1. The monoisotopic (exact) mass is 196 g/mol. The normalized spacial score (nSPS) is 10.4. The Hall–Kier alpha value is -0.520. The minimum absolute atomic E-state index is 0.654. The van der Waals surface area contributed by atoms with Crippen molar-refractivity contribution in [3.63, 3.8) is 0 Å². The molecule has 0 aromatic rings. The minimum Gasteiger partial charge on any atom is -0.316 e. The summed E-state index contributed by atoms with van der Waals surface area (Å²) in [5, 5.41) is 3.39. The second-order valence-electron chi connectivity index (χ2n) is 3.85. The van der Waals surface area contributed by atoms with Crippen molar-refractivity contribution in [1.29, 1.82) is 0 Å². The molecule has 0 aliphatic rings. The molecule has 0 unspecified atom stereocenters. The first-order valence-electron chi connectivity index (χ1n) is 5.49. The first kappa shape index (κ1) is 13.5. The topological polar surface area (TPSA) is 15.3 Å². The molecule has 0 aromatic carbocycles. The highest BCUT2D eigenvalue weighted by Crippen LogP contribution is 1.93. The first-order valence-corrected chi connectivity index (χ1v) is 5.49. The van der Waals surface area contributed by atoms with Crippen LogP contribution >= 0.6 is 0 Å². The van der Waals surface area contributed by atoms with Crippen molar-refractivity contribution in [2.24, 2.45) is 0 Å². The molecule has 2 nitrogen and oxygen atoms in total. The van der Waals surface area contributed by atoms with Gasteiger partial charge in [0.2, 0.25) is 0 Å². The van der Waals surface area contributed by atoms with Gasteiger partial charge in [0, 0.05) is 19.0 Å². The second-order valence-corrected chi connectivity index (χ2v) is 3.85. The highest BCUT2D eigenvalue weighted by Gasteiger charge is 2.00. The summed E-state index contributed by atoms with van der Waals surface area (Å²) < 4.78 is 0. The Labute approximate surface area is 89.1 Å². The third-order valence-electron chi connectivity index (χ3n) is 2.35. The van der Waals surface area contributed by atoms with E-state index in [0.29, 0.717) is 6.04 Å². The molecule has 0 amide bonds. The maximum Gasteiger partial charge on any atom is 0.0214 e. The predicted octanol–water partition coefficient (Wildman–Crippen LogP) is 1.72. The lowest BCUT2D eigenvalue weighted by Gasteiger charge is -2.20. The van der Waals surface area contributed by atoms with Gasteiger partial charge >= 0.3 is 0 Å². The molecule has 0 spiro atoms. The molecule has 0 saturated carbocycles. The second kappa shape index (κ2) is 9.05. The van der Waals surface area contributed by atoms with Crippen LogP contribution in [0.5, 0.6) is 0 Å². The van der Waals surface area contributed by atoms with Gasteiger partial charge < -0.3 is 10.2 Å². The van der Waals surface area contributed by atoms with Crippen molar-refractivity contribution in [2.45, 2.75) is 39.7 Å². The van der Waals surface area contributed by atoms with Gasteiger partial charge in [0.1, 0.15) is 0 Å². The molecule has 1 N–H and O–H groups in total. The van der Waals surface area contributed by atoms with Crippen LogP contribution in [0.4, 0.5) is 0 Å². The van der Waals surface area contributed by atoms with Crippen molar-refractivity contribution in [3.8, 4) is 11.8 Å². The Bertz CT molecular complexity index is 176. The lowest BCUT2D eigenvalue weighted by molar-refractivity contribution is 0.269. The molecule has 0 aliphatic heterocycles. The van der Waals surface area contributed by atoms with E-state index in [2.05, 4.69) is 43.0 Å². The number of rotatable bonds is 7. The SMILES string of the molecule is CC#CCCNCCCN(C)C(C)C. The highest BCUT2D eigenvalue weighted by atomic mass is 15.1. The van der Waals surface area contributed by atoms with Crippen LogP contribution in [0, 0.1) is 11.8 Å². The minimum atomic E-state index is 0.654. The fourth-order valence-corrected chi connectivity index (χ4v) is 1.11. The summed E-state index contributed by atoms with van der Waals surface area (Å²) in [5.74, 6) is 5.94. The molecule has 0 aromatic heterocycles. The first-order chi connectivity index (χ1) is 6.68. The average molecular weight is 196 g/mol. The molecular weight excluding hydrogens is 172 g/mol. The van der Waals surface area contributed by atoms with Gasteiger partial charge in [-0.15, -0.1) is 11.8 Å². The van der Waals surface area contributed by atoms with Crippen LogP contribution in [0.15, 0.2) is 0 Å². The summed E-state index contributed by atoms with van der Waals surface area (Å²) in [4.78, 5) is 2.37. The zero-order chi connectivity index (χ0) is 10.8. The van der Waals surface area contributed by atoms with E-state index in [9.17, 15) is 0 Å². The van der Waals surface area contributed by atoms with Crippen molar-refractivity contribution in [3.05, 3.63) is 0 Å². The smallest absolute Gasteiger partial charge is 0.0214 e. The van der Waals surface area contributed by atoms with E-state index in [1.54, 1.807) is 0 Å². The summed E-state index contributed by atoms with van der Waals surface area (Å²) in [5.41, 5.74) is 0. The quantitative estimate of drug-likeness (QED) is 0.493. The van der Waals surface area contributed by atoms with Gasteiger partial charge in [-0.1, -0.05) is 0 Å². The summed E-state index contributed by atoms with van der Waals surface area (Å²) in [6.45, 7) is 9.63. The molecule has 0 heterocycles. The average Bonchev–Trinajstić information content (AvgIpc) is 2.16. The predicted molar refractivity (Wildman–Crippen MR) is 63.3 cm³/mol. The fraction of sp³-hybridized carbons (Fsp3) is 0.833. The highest BCUT2D eigenvalue weighted by molar-refractivity contribution is 4.95. The van der Waals surface area contributed by atoms with Gasteiger partial charge in [0.15, 0.2) is 0 Å². The van der Waals surface area contributed by atoms with Crippen molar-refractivity contribution >= 4 is 0 Å². The molecule has 0 fully saturated rings. The Morgan fingerprint density at radius 1 is 1.29 bits per heavy atom. The molecule has 0 rings (SSSR count). The Kier molecular flexibility index (Phi) is 8.72. The van der Waals surface area contributed by atoms with E-state index in [0.717, 1.165) is 19.5 Å². The van der Waals surface area contributed by atoms with E-state index in [4.69, 9.17) is 0 Å². The molecule has 14 heavy (non-hydrogen) atoms. The maximum atomic E-state index is 3.39. The third kappa shape index (κ3) is 8.10. The van der Waals surface area contributed by atoms with Crippen LogP contribution < -0.4 is 5.32 Å². The molecule has 82 valence electrons. The lowest BCUT2D eigenvalue weighted by atomic mass is 10.3. The largest absolute Gasteiger partial charge is 0.316 e. The van der Waals surface area contributed by atoms with Gasteiger partial charge in [0.25, 0.3) is 0 Å². The molecule has 2 heteroatoms. The summed E-state index contributed by atoms with van der Waals surface area (Å²) in [7, 11) is 2.17. The van der Waals surface area contributed by atoms with Crippen molar-refractivity contribution in [1.82, 2.24) is 10.2 Å². The van der Waals surface area contributed by atoms with Crippen molar-refractivity contribution < 1.29 is 0 Å². The third-order valence-corrected chi connectivity index (χ3v) is 2.35. The molecule has 0 saturated heterocycles. The number of hydrogen-bond donors (Lipinski definition) is 1. The molecular formula is C12H24N2. The van der Waals surface area contributed by atoms with Gasteiger partial charge in [-0.2, -0.15) is 0 Å².